The summed E-state index contributed by atoms with van der Waals surface area (Å²) in [5.41, 5.74) is 2.88. The highest BCUT2D eigenvalue weighted by atomic mass is 15.1. The van der Waals surface area contributed by atoms with E-state index in [1.807, 2.05) is 18.2 Å². The normalized spacial score (nSPS) is 21.8. The first-order valence-corrected chi connectivity index (χ1v) is 6.77. The van der Waals surface area contributed by atoms with Crippen LogP contribution < -0.4 is 0 Å². The van der Waals surface area contributed by atoms with E-state index in [2.05, 4.69) is 33.9 Å². The smallest absolute Gasteiger partial charge is 0.188 e. The minimum absolute atomic E-state index is 0.583. The summed E-state index contributed by atoms with van der Waals surface area (Å²) in [5.74, 6) is 1.31. The Morgan fingerprint density at radius 3 is 3.11 bits per heavy atom. The zero-order valence-electron chi connectivity index (χ0n) is 11.3. The molecule has 0 radical (unpaired) electrons. The molecule has 0 amide bonds. The van der Waals surface area contributed by atoms with E-state index in [9.17, 15) is 0 Å². The quantitative estimate of drug-likeness (QED) is 0.851. The van der Waals surface area contributed by atoms with E-state index in [0.717, 1.165) is 29.9 Å². The Hall–Kier alpha value is -1.86. The molecule has 2 atom stereocenters. The lowest BCUT2D eigenvalue weighted by Gasteiger charge is -2.12. The number of benzene rings is 1. The summed E-state index contributed by atoms with van der Waals surface area (Å²) in [6.45, 7) is 11.5. The molecule has 1 heterocycles. The predicted octanol–water partition coefficient (Wildman–Crippen LogP) is 3.17. The van der Waals surface area contributed by atoms with Crippen molar-refractivity contribution >= 4 is 16.6 Å². The lowest BCUT2D eigenvalue weighted by atomic mass is 10.1. The van der Waals surface area contributed by atoms with E-state index in [4.69, 9.17) is 6.57 Å². The summed E-state index contributed by atoms with van der Waals surface area (Å²) in [6.07, 6.45) is 1.23. The SMILES string of the molecule is [C-]#[N+]c1ccc2n[nH]c(C3CC3CN(C)CC)c2c1. The van der Waals surface area contributed by atoms with Gasteiger partial charge in [0.25, 0.3) is 0 Å². The zero-order chi connectivity index (χ0) is 13.4. The lowest BCUT2D eigenvalue weighted by molar-refractivity contribution is 0.335. The second-order valence-corrected chi connectivity index (χ2v) is 5.41. The van der Waals surface area contributed by atoms with Crippen LogP contribution in [-0.4, -0.2) is 35.2 Å². The van der Waals surface area contributed by atoms with Crippen molar-refractivity contribution in [2.24, 2.45) is 5.92 Å². The van der Waals surface area contributed by atoms with Crippen LogP contribution in [0, 0.1) is 12.5 Å². The molecule has 0 bridgehead atoms. The van der Waals surface area contributed by atoms with Crippen LogP contribution in [0.15, 0.2) is 18.2 Å². The molecule has 1 aromatic heterocycles. The van der Waals surface area contributed by atoms with Gasteiger partial charge in [-0.1, -0.05) is 13.0 Å². The fourth-order valence-corrected chi connectivity index (χ4v) is 2.70. The van der Waals surface area contributed by atoms with E-state index in [1.165, 1.54) is 12.1 Å². The fraction of sp³-hybridized carbons (Fsp3) is 0.467. The summed E-state index contributed by atoms with van der Waals surface area (Å²) in [6, 6.07) is 5.72. The molecule has 0 saturated heterocycles. The Morgan fingerprint density at radius 1 is 1.53 bits per heavy atom. The maximum Gasteiger partial charge on any atom is 0.188 e. The molecule has 1 aliphatic carbocycles. The van der Waals surface area contributed by atoms with Crippen LogP contribution in [0.1, 0.15) is 25.0 Å². The number of aromatic nitrogens is 2. The summed E-state index contributed by atoms with van der Waals surface area (Å²) in [7, 11) is 2.16. The van der Waals surface area contributed by atoms with E-state index in [1.54, 1.807) is 0 Å². The highest BCUT2D eigenvalue weighted by Crippen LogP contribution is 2.49. The molecule has 2 aromatic rings. The Kier molecular flexibility index (Phi) is 3.00. The van der Waals surface area contributed by atoms with Crippen molar-refractivity contribution < 1.29 is 0 Å². The van der Waals surface area contributed by atoms with E-state index >= 15 is 0 Å². The molecular weight excluding hydrogens is 236 g/mol. The first kappa shape index (κ1) is 12.2. The molecule has 0 aliphatic heterocycles. The minimum Gasteiger partial charge on any atom is -0.306 e. The maximum absolute atomic E-state index is 7.11. The van der Waals surface area contributed by atoms with Crippen LogP contribution in [-0.2, 0) is 0 Å². The number of rotatable bonds is 4. The Labute approximate surface area is 113 Å². The third-order valence-electron chi connectivity index (χ3n) is 4.08. The van der Waals surface area contributed by atoms with E-state index < -0.39 is 0 Å². The van der Waals surface area contributed by atoms with Gasteiger partial charge in [0.1, 0.15) is 0 Å². The highest BCUT2D eigenvalue weighted by molar-refractivity contribution is 5.85. The zero-order valence-corrected chi connectivity index (χ0v) is 11.3. The summed E-state index contributed by atoms with van der Waals surface area (Å²) in [4.78, 5) is 5.86. The van der Waals surface area contributed by atoms with Crippen molar-refractivity contribution in [3.8, 4) is 0 Å². The second kappa shape index (κ2) is 4.67. The number of aromatic amines is 1. The molecule has 98 valence electrons. The molecule has 4 nitrogen and oxygen atoms in total. The molecule has 1 N–H and O–H groups in total. The van der Waals surface area contributed by atoms with Gasteiger partial charge in [-0.05, 0) is 38.1 Å². The van der Waals surface area contributed by atoms with Gasteiger partial charge < -0.3 is 4.90 Å². The van der Waals surface area contributed by atoms with Crippen molar-refractivity contribution in [2.45, 2.75) is 19.3 Å². The van der Waals surface area contributed by atoms with Crippen LogP contribution >= 0.6 is 0 Å². The summed E-state index contributed by atoms with van der Waals surface area (Å²) >= 11 is 0. The topological polar surface area (TPSA) is 36.3 Å². The Bertz CT molecular complexity index is 637. The van der Waals surface area contributed by atoms with Crippen LogP contribution in [0.2, 0.25) is 0 Å². The van der Waals surface area contributed by atoms with Crippen LogP contribution in [0.25, 0.3) is 15.7 Å². The molecular formula is C15H18N4. The van der Waals surface area contributed by atoms with Gasteiger partial charge in [-0.15, -0.1) is 0 Å². The third-order valence-corrected chi connectivity index (χ3v) is 4.08. The van der Waals surface area contributed by atoms with Crippen molar-refractivity contribution in [3.05, 3.63) is 35.3 Å². The highest BCUT2D eigenvalue weighted by Gasteiger charge is 2.40. The van der Waals surface area contributed by atoms with E-state index in [0.29, 0.717) is 11.6 Å². The second-order valence-electron chi connectivity index (χ2n) is 5.41. The van der Waals surface area contributed by atoms with Crippen molar-refractivity contribution in [3.63, 3.8) is 0 Å². The number of H-pyrrole nitrogens is 1. The molecule has 1 aliphatic rings. The summed E-state index contributed by atoms with van der Waals surface area (Å²) in [5, 5.41) is 8.65. The molecule has 1 aromatic carbocycles. The van der Waals surface area contributed by atoms with Gasteiger partial charge in [0.2, 0.25) is 0 Å². The first-order chi connectivity index (χ1) is 9.22. The number of nitrogens with zero attached hydrogens (tertiary/aromatic N) is 3. The number of fused-ring (bicyclic) bond motifs is 1. The minimum atomic E-state index is 0.583. The van der Waals surface area contributed by atoms with Crippen LogP contribution in [0.5, 0.6) is 0 Å². The largest absolute Gasteiger partial charge is 0.306 e. The first-order valence-electron chi connectivity index (χ1n) is 6.77. The molecule has 0 spiro atoms. The van der Waals surface area contributed by atoms with Gasteiger partial charge in [0.05, 0.1) is 12.1 Å². The predicted molar refractivity (Wildman–Crippen MR) is 76.4 cm³/mol. The molecule has 1 saturated carbocycles. The van der Waals surface area contributed by atoms with Crippen molar-refractivity contribution in [1.29, 1.82) is 0 Å². The monoisotopic (exact) mass is 254 g/mol. The average molecular weight is 254 g/mol. The molecule has 4 heteroatoms. The Balaban J connectivity index is 1.85. The van der Waals surface area contributed by atoms with Crippen LogP contribution in [0.4, 0.5) is 5.69 Å². The van der Waals surface area contributed by atoms with E-state index in [-0.39, 0.29) is 0 Å². The molecule has 2 unspecified atom stereocenters. The van der Waals surface area contributed by atoms with Gasteiger partial charge in [-0.25, -0.2) is 4.85 Å². The van der Waals surface area contributed by atoms with Gasteiger partial charge in [0, 0.05) is 23.5 Å². The average Bonchev–Trinajstić information content (AvgIpc) is 3.06. The van der Waals surface area contributed by atoms with Gasteiger partial charge in [0.15, 0.2) is 5.69 Å². The molecule has 3 rings (SSSR count). The number of hydrogen-bond donors (Lipinski definition) is 1. The fourth-order valence-electron chi connectivity index (χ4n) is 2.70. The third kappa shape index (κ3) is 2.22. The standard InChI is InChI=1S/C15H18N4/c1-4-19(3)9-10-7-12(10)15-13-8-11(16-2)5-6-14(13)17-18-15/h5-6,8,10,12H,4,7,9H2,1,3H3,(H,17,18). The maximum atomic E-state index is 7.11. The van der Waals surface area contributed by atoms with Gasteiger partial charge >= 0.3 is 0 Å². The molecule has 1 fully saturated rings. The number of hydrogen-bond acceptors (Lipinski definition) is 2. The number of nitrogens with one attached hydrogen (secondary N) is 1. The summed E-state index contributed by atoms with van der Waals surface area (Å²) < 4.78 is 0. The van der Waals surface area contributed by atoms with Gasteiger partial charge in [-0.3, -0.25) is 5.10 Å². The van der Waals surface area contributed by atoms with Crippen molar-refractivity contribution in [1.82, 2.24) is 15.1 Å². The van der Waals surface area contributed by atoms with Crippen molar-refractivity contribution in [2.75, 3.05) is 20.1 Å². The Morgan fingerprint density at radius 2 is 2.37 bits per heavy atom. The lowest BCUT2D eigenvalue weighted by Crippen LogP contribution is -2.20. The molecule has 19 heavy (non-hydrogen) atoms. The van der Waals surface area contributed by atoms with Gasteiger partial charge in [-0.2, -0.15) is 5.10 Å². The van der Waals surface area contributed by atoms with Crippen LogP contribution in [0.3, 0.4) is 0 Å².